The zero-order chi connectivity index (χ0) is 22.0. The monoisotopic (exact) mass is 438 g/mol. The first-order valence-corrected chi connectivity index (χ1v) is 11.6. The molecule has 10 nitrogen and oxygen atoms in total. The fraction of sp³-hybridized carbons (Fsp3) is 0.300. The number of benzene rings is 1. The molecular weight excluding hydrogens is 416 g/mol. The molecule has 1 aromatic carbocycles. The molecule has 1 saturated heterocycles. The summed E-state index contributed by atoms with van der Waals surface area (Å²) in [6.45, 7) is 2.59. The minimum absolute atomic E-state index is 0.242. The first-order valence-electron chi connectivity index (χ1n) is 9.66. The second kappa shape index (κ2) is 8.33. The number of nitrogens with zero attached hydrogens (tertiary/aromatic N) is 6. The van der Waals surface area contributed by atoms with Crippen LogP contribution in [-0.2, 0) is 9.84 Å². The van der Waals surface area contributed by atoms with Crippen molar-refractivity contribution in [3.63, 3.8) is 0 Å². The van der Waals surface area contributed by atoms with E-state index in [0.717, 1.165) is 22.5 Å². The summed E-state index contributed by atoms with van der Waals surface area (Å²) in [6, 6.07) is 8.39. The molecule has 3 N–H and O–H groups in total. The van der Waals surface area contributed by atoms with Crippen molar-refractivity contribution in [1.82, 2.24) is 25.1 Å². The molecule has 0 bridgehead atoms. The van der Waals surface area contributed by atoms with Crippen LogP contribution < -0.4 is 10.6 Å². The van der Waals surface area contributed by atoms with Crippen LogP contribution >= 0.6 is 0 Å². The Kier molecular flexibility index (Phi) is 5.58. The van der Waals surface area contributed by atoms with Gasteiger partial charge in [-0.05, 0) is 17.7 Å². The number of rotatable bonds is 5. The third-order valence-corrected chi connectivity index (χ3v) is 6.50. The fourth-order valence-corrected chi connectivity index (χ4v) is 4.38. The van der Waals surface area contributed by atoms with Crippen molar-refractivity contribution in [2.75, 3.05) is 43.1 Å². The predicted octanol–water partition coefficient (Wildman–Crippen LogP) is 1.24. The molecular formula is C20H22N8O2S. The van der Waals surface area contributed by atoms with Gasteiger partial charge < -0.3 is 10.6 Å². The van der Waals surface area contributed by atoms with Crippen molar-refractivity contribution < 1.29 is 8.42 Å². The van der Waals surface area contributed by atoms with Crippen LogP contribution in [0.3, 0.4) is 0 Å². The highest BCUT2D eigenvalue weighted by Gasteiger charge is 2.28. The SMILES string of the molecule is CS(=O)(=O)c1ccc(C(C#N)N2CCN(c3ncnc(N)c3-c3cn[nH]c3)CC2)cc1. The highest BCUT2D eigenvalue weighted by molar-refractivity contribution is 7.90. The maximum absolute atomic E-state index is 11.7. The highest BCUT2D eigenvalue weighted by Crippen LogP contribution is 2.33. The van der Waals surface area contributed by atoms with Crippen molar-refractivity contribution in [1.29, 1.82) is 5.26 Å². The van der Waals surface area contributed by atoms with E-state index >= 15 is 0 Å². The lowest BCUT2D eigenvalue weighted by atomic mass is 10.1. The van der Waals surface area contributed by atoms with Crippen LogP contribution in [0.2, 0.25) is 0 Å². The molecule has 31 heavy (non-hydrogen) atoms. The molecule has 3 aromatic rings. The second-order valence-electron chi connectivity index (χ2n) is 7.34. The van der Waals surface area contributed by atoms with Gasteiger partial charge in [-0.15, -0.1) is 0 Å². The van der Waals surface area contributed by atoms with Crippen LogP contribution in [0.5, 0.6) is 0 Å². The van der Waals surface area contributed by atoms with E-state index in [4.69, 9.17) is 5.73 Å². The van der Waals surface area contributed by atoms with Gasteiger partial charge in [0.15, 0.2) is 9.84 Å². The van der Waals surface area contributed by atoms with Crippen molar-refractivity contribution in [3.8, 4) is 17.2 Å². The minimum atomic E-state index is -3.27. The summed E-state index contributed by atoms with van der Waals surface area (Å²) in [5, 5.41) is 16.6. The minimum Gasteiger partial charge on any atom is -0.383 e. The van der Waals surface area contributed by atoms with Crippen molar-refractivity contribution >= 4 is 21.5 Å². The molecule has 1 atom stereocenters. The van der Waals surface area contributed by atoms with Gasteiger partial charge in [-0.1, -0.05) is 12.1 Å². The van der Waals surface area contributed by atoms with Gasteiger partial charge >= 0.3 is 0 Å². The zero-order valence-corrected chi connectivity index (χ0v) is 17.7. The van der Waals surface area contributed by atoms with E-state index < -0.39 is 15.9 Å². The number of nitriles is 1. The Labute approximate surface area is 180 Å². The molecule has 160 valence electrons. The van der Waals surface area contributed by atoms with Crippen LogP contribution in [0.15, 0.2) is 47.9 Å². The number of H-pyrrole nitrogens is 1. The number of nitrogen functional groups attached to an aromatic ring is 1. The summed E-state index contributed by atoms with van der Waals surface area (Å²) in [5.41, 5.74) is 8.44. The third-order valence-electron chi connectivity index (χ3n) is 5.37. The lowest BCUT2D eigenvalue weighted by molar-refractivity contribution is 0.222. The van der Waals surface area contributed by atoms with Crippen LogP contribution in [0, 0.1) is 11.3 Å². The quantitative estimate of drug-likeness (QED) is 0.601. The Hall–Kier alpha value is -3.49. The molecule has 1 aliphatic heterocycles. The van der Waals surface area contributed by atoms with Gasteiger partial charge in [-0.3, -0.25) is 10.00 Å². The van der Waals surface area contributed by atoms with E-state index in [9.17, 15) is 13.7 Å². The maximum atomic E-state index is 11.7. The third kappa shape index (κ3) is 4.21. The second-order valence-corrected chi connectivity index (χ2v) is 9.36. The van der Waals surface area contributed by atoms with Gasteiger partial charge in [0, 0.05) is 44.2 Å². The average molecular weight is 439 g/mol. The maximum Gasteiger partial charge on any atom is 0.175 e. The Balaban J connectivity index is 1.51. The number of nitrogens with one attached hydrogen (secondary N) is 1. The van der Waals surface area contributed by atoms with Gasteiger partial charge in [-0.2, -0.15) is 10.4 Å². The summed E-state index contributed by atoms with van der Waals surface area (Å²) in [7, 11) is -3.27. The summed E-state index contributed by atoms with van der Waals surface area (Å²) in [6.07, 6.45) is 6.05. The van der Waals surface area contributed by atoms with E-state index in [1.54, 1.807) is 36.7 Å². The number of piperazine rings is 1. The first-order chi connectivity index (χ1) is 14.9. The largest absolute Gasteiger partial charge is 0.383 e. The Morgan fingerprint density at radius 3 is 2.45 bits per heavy atom. The molecule has 2 aromatic heterocycles. The van der Waals surface area contributed by atoms with Crippen LogP contribution in [-0.4, -0.2) is 65.9 Å². The van der Waals surface area contributed by atoms with Crippen molar-refractivity contribution in [2.45, 2.75) is 10.9 Å². The summed E-state index contributed by atoms with van der Waals surface area (Å²) >= 11 is 0. The summed E-state index contributed by atoms with van der Waals surface area (Å²) in [4.78, 5) is 13.0. The molecule has 1 unspecified atom stereocenters. The van der Waals surface area contributed by atoms with Crippen LogP contribution in [0.25, 0.3) is 11.1 Å². The van der Waals surface area contributed by atoms with Gasteiger partial charge in [0.2, 0.25) is 0 Å². The van der Waals surface area contributed by atoms with E-state index in [2.05, 4.69) is 36.0 Å². The molecule has 0 spiro atoms. The fourth-order valence-electron chi connectivity index (χ4n) is 3.75. The highest BCUT2D eigenvalue weighted by atomic mass is 32.2. The van der Waals surface area contributed by atoms with Crippen molar-refractivity contribution in [2.24, 2.45) is 0 Å². The van der Waals surface area contributed by atoms with Crippen LogP contribution in [0.4, 0.5) is 11.6 Å². The molecule has 4 rings (SSSR count). The van der Waals surface area contributed by atoms with E-state index in [1.165, 1.54) is 12.6 Å². The number of aromatic amines is 1. The van der Waals surface area contributed by atoms with E-state index in [-0.39, 0.29) is 4.90 Å². The smallest absolute Gasteiger partial charge is 0.175 e. The molecule has 3 heterocycles. The topological polar surface area (TPSA) is 145 Å². The number of nitrogens with two attached hydrogens (primary N) is 1. The standard InChI is InChI=1S/C20H22N8O2S/c1-31(29,30)16-4-2-14(3-5-16)17(10-21)27-6-8-28(9-7-27)20-18(15-11-25-26-12-15)19(22)23-13-24-20/h2-5,11-13,17H,6-9H2,1H3,(H,25,26)(H2,22,23,24). The number of aromatic nitrogens is 4. The first kappa shape index (κ1) is 20.8. The van der Waals surface area contributed by atoms with Gasteiger partial charge in [-0.25, -0.2) is 18.4 Å². The molecule has 11 heteroatoms. The Bertz CT molecular complexity index is 1190. The molecule has 0 amide bonds. The molecule has 0 saturated carbocycles. The average Bonchev–Trinajstić information content (AvgIpc) is 3.29. The number of hydrogen-bond donors (Lipinski definition) is 2. The van der Waals surface area contributed by atoms with E-state index in [1.807, 2.05) is 0 Å². The predicted molar refractivity (Wildman–Crippen MR) is 116 cm³/mol. The Morgan fingerprint density at radius 2 is 1.87 bits per heavy atom. The van der Waals surface area contributed by atoms with Gasteiger partial charge in [0.25, 0.3) is 0 Å². The number of anilines is 2. The molecule has 0 aliphatic carbocycles. The normalized spacial score (nSPS) is 16.1. The van der Waals surface area contributed by atoms with Crippen molar-refractivity contribution in [3.05, 3.63) is 48.5 Å². The molecule has 1 aliphatic rings. The number of hydrogen-bond acceptors (Lipinski definition) is 9. The molecule has 1 fully saturated rings. The van der Waals surface area contributed by atoms with E-state index in [0.29, 0.717) is 32.0 Å². The zero-order valence-electron chi connectivity index (χ0n) is 16.9. The molecule has 0 radical (unpaired) electrons. The number of sulfone groups is 1. The lowest BCUT2D eigenvalue weighted by Crippen LogP contribution is -2.48. The van der Waals surface area contributed by atoms with Gasteiger partial charge in [0.05, 0.1) is 22.7 Å². The summed E-state index contributed by atoms with van der Waals surface area (Å²) < 4.78 is 23.4. The Morgan fingerprint density at radius 1 is 1.16 bits per heavy atom. The van der Waals surface area contributed by atoms with Gasteiger partial charge in [0.1, 0.15) is 24.0 Å². The summed E-state index contributed by atoms with van der Waals surface area (Å²) in [5.74, 6) is 1.12. The lowest BCUT2D eigenvalue weighted by Gasteiger charge is -2.38. The van der Waals surface area contributed by atoms with Crippen LogP contribution in [0.1, 0.15) is 11.6 Å².